The van der Waals surface area contributed by atoms with E-state index in [0.717, 1.165) is 5.69 Å². The Bertz CT molecular complexity index is 277. The van der Waals surface area contributed by atoms with Crippen molar-refractivity contribution in [2.45, 2.75) is 32.4 Å². The number of halogens is 1. The number of hydrogen-bond acceptors (Lipinski definition) is 3. The van der Waals surface area contributed by atoms with E-state index in [-0.39, 0.29) is 17.9 Å². The molecule has 1 unspecified atom stereocenters. The smallest absolute Gasteiger partial charge is 0.230 e. The van der Waals surface area contributed by atoms with E-state index >= 15 is 0 Å². The van der Waals surface area contributed by atoms with Crippen LogP contribution in [-0.2, 0) is 5.41 Å². The van der Waals surface area contributed by atoms with Gasteiger partial charge in [0, 0.05) is 12.0 Å². The molecule has 0 bridgehead atoms. The lowest BCUT2D eigenvalue weighted by atomic mass is 9.93. The number of aromatic nitrogens is 1. The Kier molecular flexibility index (Phi) is 2.71. The van der Waals surface area contributed by atoms with Crippen LogP contribution in [0.3, 0.4) is 0 Å². The van der Waals surface area contributed by atoms with Crippen LogP contribution in [0.1, 0.15) is 38.5 Å². The molecular formula is C9H15FN2O. The van der Waals surface area contributed by atoms with Crippen molar-refractivity contribution in [3.8, 4) is 0 Å². The summed E-state index contributed by atoms with van der Waals surface area (Å²) in [6, 6.07) is 0. The molecule has 0 aliphatic heterocycles. The number of oxazole rings is 1. The second-order valence-corrected chi connectivity index (χ2v) is 4.02. The van der Waals surface area contributed by atoms with Gasteiger partial charge in [-0.25, -0.2) is 9.37 Å². The Morgan fingerprint density at radius 2 is 2.23 bits per heavy atom. The number of alkyl halides is 1. The van der Waals surface area contributed by atoms with E-state index in [0.29, 0.717) is 0 Å². The zero-order valence-electron chi connectivity index (χ0n) is 8.17. The highest BCUT2D eigenvalue weighted by atomic mass is 19.1. The van der Waals surface area contributed by atoms with Gasteiger partial charge >= 0.3 is 0 Å². The molecule has 0 saturated carbocycles. The number of nitrogens with zero attached hydrogens (tertiary/aromatic N) is 1. The van der Waals surface area contributed by atoms with Crippen molar-refractivity contribution in [2.24, 2.45) is 5.73 Å². The first-order chi connectivity index (χ1) is 5.95. The molecule has 13 heavy (non-hydrogen) atoms. The summed E-state index contributed by atoms with van der Waals surface area (Å²) >= 11 is 0. The molecule has 0 aliphatic rings. The molecular weight excluding hydrogens is 171 g/mol. The van der Waals surface area contributed by atoms with Crippen LogP contribution in [-0.4, -0.2) is 11.5 Å². The fourth-order valence-electron chi connectivity index (χ4n) is 0.877. The summed E-state index contributed by atoms with van der Waals surface area (Å²) in [5.74, 6) is 0.0763. The normalized spacial score (nSPS) is 14.5. The Morgan fingerprint density at radius 3 is 2.62 bits per heavy atom. The highest BCUT2D eigenvalue weighted by molar-refractivity contribution is 5.09. The summed E-state index contributed by atoms with van der Waals surface area (Å²) in [4.78, 5) is 4.03. The standard InChI is InChI=1S/C9H15FN2O/c1-9(2,3)7-5-13-8(12-7)6(10)4-11/h5-6H,4,11H2,1-3H3. The monoisotopic (exact) mass is 186 g/mol. The van der Waals surface area contributed by atoms with E-state index in [2.05, 4.69) is 4.98 Å². The third kappa shape index (κ3) is 2.28. The maximum atomic E-state index is 13.0. The Hall–Kier alpha value is -0.900. The largest absolute Gasteiger partial charge is 0.446 e. The molecule has 1 atom stereocenters. The van der Waals surface area contributed by atoms with Gasteiger partial charge in [-0.15, -0.1) is 0 Å². The quantitative estimate of drug-likeness (QED) is 0.767. The van der Waals surface area contributed by atoms with Crippen LogP contribution >= 0.6 is 0 Å². The SMILES string of the molecule is CC(C)(C)c1coc(C(F)CN)n1. The van der Waals surface area contributed by atoms with Gasteiger partial charge in [0.25, 0.3) is 0 Å². The third-order valence-electron chi connectivity index (χ3n) is 1.77. The molecule has 0 fully saturated rings. The molecule has 4 heteroatoms. The number of nitrogens with two attached hydrogens (primary N) is 1. The Labute approximate surface area is 77.1 Å². The average Bonchev–Trinajstić information content (AvgIpc) is 2.50. The molecule has 0 radical (unpaired) electrons. The minimum absolute atomic E-state index is 0.0763. The summed E-state index contributed by atoms with van der Waals surface area (Å²) in [7, 11) is 0. The van der Waals surface area contributed by atoms with Crippen molar-refractivity contribution < 1.29 is 8.81 Å². The van der Waals surface area contributed by atoms with Crippen LogP contribution < -0.4 is 5.73 Å². The molecule has 74 valence electrons. The molecule has 1 rings (SSSR count). The molecule has 1 heterocycles. The minimum Gasteiger partial charge on any atom is -0.446 e. The van der Waals surface area contributed by atoms with Crippen LogP contribution in [0.15, 0.2) is 10.7 Å². The molecule has 0 aliphatic carbocycles. The fourth-order valence-corrected chi connectivity index (χ4v) is 0.877. The molecule has 1 aromatic heterocycles. The first kappa shape index (κ1) is 10.2. The predicted octanol–water partition coefficient (Wildman–Crippen LogP) is 1.94. The van der Waals surface area contributed by atoms with Gasteiger partial charge in [-0.2, -0.15) is 0 Å². The van der Waals surface area contributed by atoms with Gasteiger partial charge in [0.15, 0.2) is 6.17 Å². The molecule has 0 saturated heterocycles. The lowest BCUT2D eigenvalue weighted by molar-refractivity contribution is 0.283. The van der Waals surface area contributed by atoms with E-state index in [1.165, 1.54) is 6.26 Å². The number of hydrogen-bond donors (Lipinski definition) is 1. The van der Waals surface area contributed by atoms with E-state index in [4.69, 9.17) is 10.2 Å². The summed E-state index contributed by atoms with van der Waals surface area (Å²) in [6.07, 6.45) is 0.188. The molecule has 2 N–H and O–H groups in total. The maximum Gasteiger partial charge on any atom is 0.230 e. The second-order valence-electron chi connectivity index (χ2n) is 4.02. The Morgan fingerprint density at radius 1 is 1.62 bits per heavy atom. The predicted molar refractivity (Wildman–Crippen MR) is 48.1 cm³/mol. The lowest BCUT2D eigenvalue weighted by Gasteiger charge is -2.13. The van der Waals surface area contributed by atoms with Crippen LogP contribution in [0.5, 0.6) is 0 Å². The lowest BCUT2D eigenvalue weighted by Crippen LogP contribution is -2.13. The van der Waals surface area contributed by atoms with E-state index < -0.39 is 6.17 Å². The van der Waals surface area contributed by atoms with Crippen LogP contribution in [0.4, 0.5) is 4.39 Å². The second kappa shape index (κ2) is 3.46. The van der Waals surface area contributed by atoms with E-state index in [1.807, 2.05) is 20.8 Å². The topological polar surface area (TPSA) is 52.0 Å². The van der Waals surface area contributed by atoms with Crippen molar-refractivity contribution >= 4 is 0 Å². The van der Waals surface area contributed by atoms with Gasteiger partial charge in [-0.3, -0.25) is 0 Å². The zero-order valence-corrected chi connectivity index (χ0v) is 8.17. The van der Waals surface area contributed by atoms with Gasteiger partial charge in [0.1, 0.15) is 6.26 Å². The van der Waals surface area contributed by atoms with Crippen molar-refractivity contribution in [3.63, 3.8) is 0 Å². The highest BCUT2D eigenvalue weighted by Crippen LogP contribution is 2.24. The van der Waals surface area contributed by atoms with E-state index in [9.17, 15) is 4.39 Å². The number of rotatable bonds is 2. The molecule has 3 nitrogen and oxygen atoms in total. The van der Waals surface area contributed by atoms with Crippen LogP contribution in [0.2, 0.25) is 0 Å². The minimum atomic E-state index is -1.30. The van der Waals surface area contributed by atoms with Gasteiger partial charge in [0.05, 0.1) is 5.69 Å². The first-order valence-corrected chi connectivity index (χ1v) is 4.25. The van der Waals surface area contributed by atoms with Crippen molar-refractivity contribution in [3.05, 3.63) is 17.8 Å². The van der Waals surface area contributed by atoms with Crippen molar-refractivity contribution in [2.75, 3.05) is 6.54 Å². The summed E-state index contributed by atoms with van der Waals surface area (Å²) in [5.41, 5.74) is 5.78. The summed E-state index contributed by atoms with van der Waals surface area (Å²) < 4.78 is 18.0. The van der Waals surface area contributed by atoms with Gasteiger partial charge < -0.3 is 10.2 Å². The third-order valence-corrected chi connectivity index (χ3v) is 1.77. The summed E-state index contributed by atoms with van der Waals surface area (Å²) in [5, 5.41) is 0. The molecule has 0 amide bonds. The van der Waals surface area contributed by atoms with Gasteiger partial charge in [-0.05, 0) is 0 Å². The molecule has 1 aromatic rings. The fraction of sp³-hybridized carbons (Fsp3) is 0.667. The summed E-state index contributed by atoms with van der Waals surface area (Å²) in [6.45, 7) is 5.88. The van der Waals surface area contributed by atoms with Crippen LogP contribution in [0.25, 0.3) is 0 Å². The molecule has 0 aromatic carbocycles. The van der Waals surface area contributed by atoms with Crippen molar-refractivity contribution in [1.82, 2.24) is 4.98 Å². The van der Waals surface area contributed by atoms with E-state index in [1.54, 1.807) is 0 Å². The van der Waals surface area contributed by atoms with Crippen molar-refractivity contribution in [1.29, 1.82) is 0 Å². The van der Waals surface area contributed by atoms with Gasteiger partial charge in [0.2, 0.25) is 5.89 Å². The molecule has 0 spiro atoms. The average molecular weight is 186 g/mol. The Balaban J connectivity index is 2.87. The maximum absolute atomic E-state index is 13.0. The first-order valence-electron chi connectivity index (χ1n) is 4.25. The van der Waals surface area contributed by atoms with Gasteiger partial charge in [-0.1, -0.05) is 20.8 Å². The van der Waals surface area contributed by atoms with Crippen LogP contribution in [0, 0.1) is 0 Å². The zero-order chi connectivity index (χ0) is 10.1. The highest BCUT2D eigenvalue weighted by Gasteiger charge is 2.21.